The summed E-state index contributed by atoms with van der Waals surface area (Å²) < 4.78 is 11.8. The Bertz CT molecular complexity index is 1100. The van der Waals surface area contributed by atoms with Crippen LogP contribution >= 0.6 is 0 Å². The summed E-state index contributed by atoms with van der Waals surface area (Å²) in [7, 11) is 0. The Morgan fingerprint density at radius 3 is 2.25 bits per heavy atom. The molecule has 0 atom stereocenters. The number of pyridine rings is 1. The maximum atomic E-state index is 6.01. The highest BCUT2D eigenvalue weighted by Crippen LogP contribution is 2.37. The second kappa shape index (κ2) is 3.39. The van der Waals surface area contributed by atoms with Crippen LogP contribution in [-0.2, 0) is 0 Å². The minimum Gasteiger partial charge on any atom is -0.454 e. The number of benzene rings is 2. The van der Waals surface area contributed by atoms with Gasteiger partial charge in [0.25, 0.3) is 0 Å². The summed E-state index contributed by atoms with van der Waals surface area (Å²) in [5, 5.41) is 3.10. The van der Waals surface area contributed by atoms with E-state index in [-0.39, 0.29) is 0 Å². The fourth-order valence-corrected chi connectivity index (χ4v) is 2.84. The number of nitrogens with zero attached hydrogens (tertiary/aromatic N) is 1. The number of para-hydroxylation sites is 2. The average Bonchev–Trinajstić information content (AvgIpc) is 3.04. The maximum absolute atomic E-state index is 6.01. The molecular weight excluding hydrogens is 250 g/mol. The summed E-state index contributed by atoms with van der Waals surface area (Å²) in [6.45, 7) is 0. The van der Waals surface area contributed by atoms with Crippen molar-refractivity contribution in [3.8, 4) is 0 Å². The van der Waals surface area contributed by atoms with Crippen LogP contribution in [0.5, 0.6) is 0 Å². The minimum absolute atomic E-state index is 0.762. The first-order chi connectivity index (χ1) is 9.92. The van der Waals surface area contributed by atoms with Gasteiger partial charge in [0, 0.05) is 10.8 Å². The lowest BCUT2D eigenvalue weighted by molar-refractivity contribution is 0.660. The summed E-state index contributed by atoms with van der Waals surface area (Å²) in [5.74, 6) is 0. The van der Waals surface area contributed by atoms with Crippen molar-refractivity contribution < 1.29 is 8.83 Å². The van der Waals surface area contributed by atoms with Gasteiger partial charge in [-0.05, 0) is 18.2 Å². The molecule has 3 aromatic heterocycles. The van der Waals surface area contributed by atoms with Crippen molar-refractivity contribution >= 4 is 44.0 Å². The number of hydrogen-bond acceptors (Lipinski definition) is 3. The molecule has 2 aromatic carbocycles. The molecule has 0 radical (unpaired) electrons. The van der Waals surface area contributed by atoms with Crippen LogP contribution in [0.25, 0.3) is 44.0 Å². The van der Waals surface area contributed by atoms with Crippen molar-refractivity contribution in [1.82, 2.24) is 4.98 Å². The van der Waals surface area contributed by atoms with E-state index in [0.717, 1.165) is 44.0 Å². The van der Waals surface area contributed by atoms with Gasteiger partial charge < -0.3 is 8.83 Å². The molecule has 0 amide bonds. The van der Waals surface area contributed by atoms with E-state index in [1.165, 1.54) is 0 Å². The number of aromatic nitrogens is 1. The third-order valence-corrected chi connectivity index (χ3v) is 3.73. The molecule has 0 aliphatic heterocycles. The molecule has 0 bridgehead atoms. The SMILES string of the molecule is c1ccc2c(c1)oc1c2ncc2oc3ccccc3c21. The summed E-state index contributed by atoms with van der Waals surface area (Å²) in [5.41, 5.74) is 4.16. The van der Waals surface area contributed by atoms with Gasteiger partial charge in [0.15, 0.2) is 11.2 Å². The van der Waals surface area contributed by atoms with E-state index in [2.05, 4.69) is 4.98 Å². The zero-order valence-electron chi connectivity index (χ0n) is 10.5. The second-order valence-electron chi connectivity index (χ2n) is 4.87. The standard InChI is InChI=1S/C17H9NO2/c1-3-7-12-10(5-1)15-14(19-12)9-18-16-11-6-2-4-8-13(11)20-17(15)16/h1-9H. The molecule has 0 aliphatic rings. The molecule has 0 aliphatic carbocycles. The zero-order chi connectivity index (χ0) is 13.1. The topological polar surface area (TPSA) is 39.2 Å². The van der Waals surface area contributed by atoms with Crippen molar-refractivity contribution in [2.45, 2.75) is 0 Å². The van der Waals surface area contributed by atoms with Gasteiger partial charge in [-0.15, -0.1) is 0 Å². The first kappa shape index (κ1) is 10.0. The summed E-state index contributed by atoms with van der Waals surface area (Å²) in [4.78, 5) is 4.51. The first-order valence-corrected chi connectivity index (χ1v) is 6.49. The van der Waals surface area contributed by atoms with Crippen LogP contribution in [0.2, 0.25) is 0 Å². The zero-order valence-corrected chi connectivity index (χ0v) is 10.5. The second-order valence-corrected chi connectivity index (χ2v) is 4.87. The van der Waals surface area contributed by atoms with E-state index in [1.54, 1.807) is 6.20 Å². The van der Waals surface area contributed by atoms with Crippen molar-refractivity contribution in [3.63, 3.8) is 0 Å². The van der Waals surface area contributed by atoms with Crippen molar-refractivity contribution in [1.29, 1.82) is 0 Å². The van der Waals surface area contributed by atoms with Gasteiger partial charge in [0.1, 0.15) is 16.7 Å². The van der Waals surface area contributed by atoms with Gasteiger partial charge in [-0.1, -0.05) is 30.3 Å². The number of furan rings is 2. The van der Waals surface area contributed by atoms with E-state index in [0.29, 0.717) is 0 Å². The Balaban J connectivity index is 2.14. The van der Waals surface area contributed by atoms with E-state index in [1.807, 2.05) is 48.5 Å². The van der Waals surface area contributed by atoms with Crippen LogP contribution in [0.15, 0.2) is 63.6 Å². The number of fused-ring (bicyclic) bond motifs is 7. The van der Waals surface area contributed by atoms with Crippen molar-refractivity contribution in [3.05, 3.63) is 54.7 Å². The third kappa shape index (κ3) is 1.12. The Morgan fingerprint density at radius 1 is 0.700 bits per heavy atom. The van der Waals surface area contributed by atoms with Crippen LogP contribution in [-0.4, -0.2) is 4.98 Å². The van der Waals surface area contributed by atoms with Crippen LogP contribution in [0.4, 0.5) is 0 Å². The van der Waals surface area contributed by atoms with E-state index in [9.17, 15) is 0 Å². The average molecular weight is 259 g/mol. The molecule has 5 rings (SSSR count). The highest BCUT2D eigenvalue weighted by molar-refractivity contribution is 6.20. The highest BCUT2D eigenvalue weighted by atomic mass is 16.3. The Kier molecular flexibility index (Phi) is 1.70. The van der Waals surface area contributed by atoms with Gasteiger partial charge >= 0.3 is 0 Å². The Hall–Kier alpha value is -2.81. The predicted molar refractivity (Wildman–Crippen MR) is 78.8 cm³/mol. The van der Waals surface area contributed by atoms with E-state index >= 15 is 0 Å². The van der Waals surface area contributed by atoms with Crippen LogP contribution in [0, 0.1) is 0 Å². The monoisotopic (exact) mass is 259 g/mol. The summed E-state index contributed by atoms with van der Waals surface area (Å²) in [6.07, 6.45) is 1.78. The molecule has 3 heterocycles. The molecule has 0 unspecified atom stereocenters. The lowest BCUT2D eigenvalue weighted by Crippen LogP contribution is -1.74. The van der Waals surface area contributed by atoms with Gasteiger partial charge in [0.05, 0.1) is 11.6 Å². The summed E-state index contributed by atoms with van der Waals surface area (Å²) in [6, 6.07) is 15.9. The number of rotatable bonds is 0. The molecule has 3 heteroatoms. The molecule has 0 N–H and O–H groups in total. The fraction of sp³-hybridized carbons (Fsp3) is 0. The van der Waals surface area contributed by atoms with Crippen LogP contribution < -0.4 is 0 Å². The highest BCUT2D eigenvalue weighted by Gasteiger charge is 2.16. The minimum atomic E-state index is 0.762. The third-order valence-electron chi connectivity index (χ3n) is 3.73. The lowest BCUT2D eigenvalue weighted by Gasteiger charge is -1.90. The first-order valence-electron chi connectivity index (χ1n) is 6.49. The molecule has 3 nitrogen and oxygen atoms in total. The Labute approximate surface area is 113 Å². The molecule has 5 aromatic rings. The van der Waals surface area contributed by atoms with Gasteiger partial charge in [-0.3, -0.25) is 0 Å². The fourth-order valence-electron chi connectivity index (χ4n) is 2.84. The predicted octanol–water partition coefficient (Wildman–Crippen LogP) is 4.88. The smallest absolute Gasteiger partial charge is 0.165 e. The molecular formula is C17H9NO2. The molecule has 0 saturated heterocycles. The quantitative estimate of drug-likeness (QED) is 0.398. The van der Waals surface area contributed by atoms with Gasteiger partial charge in [-0.2, -0.15) is 0 Å². The molecule has 0 saturated carbocycles. The summed E-state index contributed by atoms with van der Waals surface area (Å²) >= 11 is 0. The normalized spacial score (nSPS) is 12.0. The maximum Gasteiger partial charge on any atom is 0.165 e. The van der Waals surface area contributed by atoms with Crippen molar-refractivity contribution in [2.24, 2.45) is 0 Å². The Morgan fingerprint density at radius 2 is 1.40 bits per heavy atom. The molecule has 0 fully saturated rings. The molecule has 0 spiro atoms. The van der Waals surface area contributed by atoms with E-state index < -0.39 is 0 Å². The molecule has 94 valence electrons. The number of hydrogen-bond donors (Lipinski definition) is 0. The largest absolute Gasteiger partial charge is 0.454 e. The van der Waals surface area contributed by atoms with Gasteiger partial charge in [-0.25, -0.2) is 4.98 Å². The molecule has 20 heavy (non-hydrogen) atoms. The van der Waals surface area contributed by atoms with E-state index in [4.69, 9.17) is 8.83 Å². The van der Waals surface area contributed by atoms with Crippen molar-refractivity contribution in [2.75, 3.05) is 0 Å². The van der Waals surface area contributed by atoms with Crippen LogP contribution in [0.3, 0.4) is 0 Å². The van der Waals surface area contributed by atoms with Crippen LogP contribution in [0.1, 0.15) is 0 Å². The van der Waals surface area contributed by atoms with Gasteiger partial charge in [0.2, 0.25) is 0 Å². The lowest BCUT2D eigenvalue weighted by atomic mass is 10.1.